The summed E-state index contributed by atoms with van der Waals surface area (Å²) in [6, 6.07) is 0. The number of hydrogen-bond acceptors (Lipinski definition) is 6. The van der Waals surface area contributed by atoms with Crippen molar-refractivity contribution < 1.29 is 28.8 Å². The molecule has 3 rings (SSSR count). The first-order chi connectivity index (χ1) is 9.69. The van der Waals surface area contributed by atoms with Crippen LogP contribution in [0.3, 0.4) is 0 Å². The zero-order valence-corrected chi connectivity index (χ0v) is 13.0. The van der Waals surface area contributed by atoms with Crippen molar-refractivity contribution in [1.82, 2.24) is 0 Å². The summed E-state index contributed by atoms with van der Waals surface area (Å²) in [5.74, 6) is -1.45. The summed E-state index contributed by atoms with van der Waals surface area (Å²) in [6.45, 7) is 11.4. The van der Waals surface area contributed by atoms with E-state index in [1.54, 1.807) is 19.9 Å². The van der Waals surface area contributed by atoms with Crippen molar-refractivity contribution in [2.24, 2.45) is 0 Å². The van der Waals surface area contributed by atoms with Crippen molar-refractivity contribution in [1.29, 1.82) is 0 Å². The maximum Gasteiger partial charge on any atom is 0.190 e. The molecular formula is C15H24O6. The summed E-state index contributed by atoms with van der Waals surface area (Å²) in [7, 11) is 0. The Morgan fingerprint density at radius 2 is 1.81 bits per heavy atom. The van der Waals surface area contributed by atoms with E-state index in [4.69, 9.17) is 23.7 Å². The second kappa shape index (κ2) is 4.75. The lowest BCUT2D eigenvalue weighted by molar-refractivity contribution is -0.264. The van der Waals surface area contributed by atoms with Gasteiger partial charge in [0.2, 0.25) is 0 Å². The molecule has 120 valence electrons. The third-order valence-electron chi connectivity index (χ3n) is 4.25. The smallest absolute Gasteiger partial charge is 0.190 e. The largest absolute Gasteiger partial charge is 0.387 e. The number of ether oxygens (including phenoxy) is 5. The third kappa shape index (κ3) is 2.44. The highest BCUT2D eigenvalue weighted by molar-refractivity contribution is 5.10. The van der Waals surface area contributed by atoms with Crippen molar-refractivity contribution in [2.45, 2.75) is 75.9 Å². The summed E-state index contributed by atoms with van der Waals surface area (Å²) in [5, 5.41) is 10.8. The average molecular weight is 300 g/mol. The molecule has 5 atom stereocenters. The third-order valence-corrected chi connectivity index (χ3v) is 4.25. The normalized spacial score (nSPS) is 47.5. The van der Waals surface area contributed by atoms with Gasteiger partial charge < -0.3 is 28.8 Å². The lowest BCUT2D eigenvalue weighted by Gasteiger charge is -2.37. The number of aliphatic hydroxyl groups is 1. The fourth-order valence-electron chi connectivity index (χ4n) is 3.35. The van der Waals surface area contributed by atoms with Crippen LogP contribution in [0.25, 0.3) is 0 Å². The Labute approximate surface area is 125 Å². The van der Waals surface area contributed by atoms with Gasteiger partial charge in [0.25, 0.3) is 0 Å². The SMILES string of the molecule is C=CC[C@]1([C@H]2COC(C)(C)O2)O[C@@H]2OC(C)(C)O[C@@H]2[C@@H]1O. The van der Waals surface area contributed by atoms with E-state index < -0.39 is 41.8 Å². The van der Waals surface area contributed by atoms with E-state index in [-0.39, 0.29) is 0 Å². The summed E-state index contributed by atoms with van der Waals surface area (Å²) in [5.41, 5.74) is -0.957. The summed E-state index contributed by atoms with van der Waals surface area (Å²) in [4.78, 5) is 0. The molecule has 3 heterocycles. The molecule has 0 spiro atoms. The second-order valence-corrected chi connectivity index (χ2v) is 6.80. The zero-order valence-electron chi connectivity index (χ0n) is 13.0. The van der Waals surface area contributed by atoms with Crippen LogP contribution in [0.5, 0.6) is 0 Å². The van der Waals surface area contributed by atoms with E-state index in [1.807, 2.05) is 13.8 Å². The van der Waals surface area contributed by atoms with Crippen LogP contribution in [0.2, 0.25) is 0 Å². The van der Waals surface area contributed by atoms with Gasteiger partial charge in [0.15, 0.2) is 17.9 Å². The van der Waals surface area contributed by atoms with Crippen molar-refractivity contribution in [3.63, 3.8) is 0 Å². The Hall–Kier alpha value is -0.500. The Kier molecular flexibility index (Phi) is 3.48. The van der Waals surface area contributed by atoms with E-state index >= 15 is 0 Å². The Bertz CT molecular complexity index is 434. The minimum atomic E-state index is -0.957. The highest BCUT2D eigenvalue weighted by atomic mass is 16.8. The van der Waals surface area contributed by atoms with Crippen LogP contribution in [0.15, 0.2) is 12.7 Å². The van der Waals surface area contributed by atoms with Crippen LogP contribution < -0.4 is 0 Å². The van der Waals surface area contributed by atoms with Gasteiger partial charge in [0, 0.05) is 0 Å². The summed E-state index contributed by atoms with van der Waals surface area (Å²) < 4.78 is 29.1. The van der Waals surface area contributed by atoms with Gasteiger partial charge in [-0.15, -0.1) is 6.58 Å². The number of rotatable bonds is 3. The molecule has 6 nitrogen and oxygen atoms in total. The Morgan fingerprint density at radius 3 is 2.33 bits per heavy atom. The molecule has 0 aliphatic carbocycles. The molecule has 0 aromatic rings. The Morgan fingerprint density at radius 1 is 1.10 bits per heavy atom. The van der Waals surface area contributed by atoms with Crippen LogP contribution in [0, 0.1) is 0 Å². The fourth-order valence-corrected chi connectivity index (χ4v) is 3.35. The highest BCUT2D eigenvalue weighted by Crippen LogP contribution is 2.48. The van der Waals surface area contributed by atoms with Crippen LogP contribution in [0.4, 0.5) is 0 Å². The maximum atomic E-state index is 10.8. The average Bonchev–Trinajstić information content (AvgIpc) is 2.93. The summed E-state index contributed by atoms with van der Waals surface area (Å²) in [6.07, 6.45) is -0.275. The molecule has 3 saturated heterocycles. The zero-order chi connectivity index (χ0) is 15.5. The van der Waals surface area contributed by atoms with Crippen LogP contribution >= 0.6 is 0 Å². The van der Waals surface area contributed by atoms with Gasteiger partial charge >= 0.3 is 0 Å². The minimum absolute atomic E-state index is 0.348. The van der Waals surface area contributed by atoms with E-state index in [2.05, 4.69) is 6.58 Å². The summed E-state index contributed by atoms with van der Waals surface area (Å²) >= 11 is 0. The van der Waals surface area contributed by atoms with Crippen LogP contribution in [0.1, 0.15) is 34.1 Å². The van der Waals surface area contributed by atoms with E-state index in [0.717, 1.165) is 0 Å². The highest BCUT2D eigenvalue weighted by Gasteiger charge is 2.65. The molecule has 3 aliphatic heterocycles. The first-order valence-electron chi connectivity index (χ1n) is 7.33. The molecule has 0 amide bonds. The van der Waals surface area contributed by atoms with Gasteiger partial charge in [-0.25, -0.2) is 0 Å². The molecule has 3 aliphatic rings. The maximum absolute atomic E-state index is 10.8. The van der Waals surface area contributed by atoms with Crippen molar-refractivity contribution in [3.05, 3.63) is 12.7 Å². The van der Waals surface area contributed by atoms with Gasteiger partial charge in [0.05, 0.1) is 6.61 Å². The topological polar surface area (TPSA) is 66.4 Å². The molecular weight excluding hydrogens is 276 g/mol. The second-order valence-electron chi connectivity index (χ2n) is 6.80. The molecule has 0 radical (unpaired) electrons. The fraction of sp³-hybridized carbons (Fsp3) is 0.867. The van der Waals surface area contributed by atoms with Gasteiger partial charge in [-0.2, -0.15) is 0 Å². The number of fused-ring (bicyclic) bond motifs is 1. The standard InChI is InChI=1S/C15H24O6/c1-6-7-15(9-8-17-13(2,3)18-9)11(16)10-12(21-15)20-14(4,5)19-10/h6,9-12,16H,1,7-8H2,2-5H3/t9-,10-,11+,12+,15-/m1/s1. The first kappa shape index (κ1) is 15.4. The molecule has 0 bridgehead atoms. The van der Waals surface area contributed by atoms with E-state index in [9.17, 15) is 5.11 Å². The molecule has 0 aromatic heterocycles. The van der Waals surface area contributed by atoms with Gasteiger partial charge in [-0.05, 0) is 34.1 Å². The first-order valence-corrected chi connectivity index (χ1v) is 7.33. The monoisotopic (exact) mass is 300 g/mol. The van der Waals surface area contributed by atoms with Crippen LogP contribution in [-0.4, -0.2) is 53.5 Å². The molecule has 0 aromatic carbocycles. The van der Waals surface area contributed by atoms with Crippen molar-refractivity contribution >= 4 is 0 Å². The number of hydrogen-bond donors (Lipinski definition) is 1. The molecule has 3 fully saturated rings. The lowest BCUT2D eigenvalue weighted by atomic mass is 9.86. The molecule has 0 saturated carbocycles. The van der Waals surface area contributed by atoms with Gasteiger partial charge in [-0.3, -0.25) is 0 Å². The van der Waals surface area contributed by atoms with Crippen molar-refractivity contribution in [2.75, 3.05) is 6.61 Å². The van der Waals surface area contributed by atoms with Gasteiger partial charge in [-0.1, -0.05) is 6.08 Å². The minimum Gasteiger partial charge on any atom is -0.387 e. The number of aliphatic hydroxyl groups excluding tert-OH is 1. The molecule has 0 unspecified atom stereocenters. The quantitative estimate of drug-likeness (QED) is 0.793. The molecule has 6 heteroatoms. The Balaban J connectivity index is 1.85. The van der Waals surface area contributed by atoms with Crippen molar-refractivity contribution in [3.8, 4) is 0 Å². The predicted molar refractivity (Wildman–Crippen MR) is 73.4 cm³/mol. The van der Waals surface area contributed by atoms with E-state index in [1.165, 1.54) is 0 Å². The van der Waals surface area contributed by atoms with E-state index in [0.29, 0.717) is 13.0 Å². The predicted octanol–water partition coefficient (Wildman–Crippen LogP) is 1.32. The molecule has 1 N–H and O–H groups in total. The lowest BCUT2D eigenvalue weighted by Crippen LogP contribution is -2.54. The van der Waals surface area contributed by atoms with Crippen LogP contribution in [-0.2, 0) is 23.7 Å². The van der Waals surface area contributed by atoms with Gasteiger partial charge in [0.1, 0.15) is 23.9 Å². The molecule has 21 heavy (non-hydrogen) atoms.